The summed E-state index contributed by atoms with van der Waals surface area (Å²) in [5.41, 5.74) is 5.92. The maximum atomic E-state index is 14.2. The van der Waals surface area contributed by atoms with Gasteiger partial charge in [0, 0.05) is 42.1 Å². The molecule has 0 atom stereocenters. The lowest BCUT2D eigenvalue weighted by Crippen LogP contribution is -2.30. The van der Waals surface area contributed by atoms with E-state index in [4.69, 9.17) is 9.47 Å². The Labute approximate surface area is 237 Å². The van der Waals surface area contributed by atoms with E-state index < -0.39 is 0 Å². The number of nitrogens with one attached hydrogen (secondary N) is 2. The Bertz CT molecular complexity index is 1500. The molecular weight excluding hydrogens is 527 g/mol. The van der Waals surface area contributed by atoms with E-state index in [1.807, 2.05) is 5.38 Å². The molecule has 0 bridgehead atoms. The summed E-state index contributed by atoms with van der Waals surface area (Å²) in [6.45, 7) is 3.30. The van der Waals surface area contributed by atoms with Gasteiger partial charge in [0.1, 0.15) is 29.6 Å². The summed E-state index contributed by atoms with van der Waals surface area (Å²) in [7, 11) is 0. The summed E-state index contributed by atoms with van der Waals surface area (Å²) >= 11 is 1.59. The number of aromatic nitrogens is 2. The van der Waals surface area contributed by atoms with Gasteiger partial charge in [0.15, 0.2) is 0 Å². The minimum atomic E-state index is -0.385. The largest absolute Gasteiger partial charge is 0.490 e. The topological polar surface area (TPSA) is 85.4 Å². The molecule has 1 saturated carbocycles. The summed E-state index contributed by atoms with van der Waals surface area (Å²) in [5.74, 6) is 0.650. The van der Waals surface area contributed by atoms with E-state index in [9.17, 15) is 9.18 Å². The van der Waals surface area contributed by atoms with Crippen LogP contribution in [0, 0.1) is 11.7 Å². The summed E-state index contributed by atoms with van der Waals surface area (Å²) < 4.78 is 26.8. The van der Waals surface area contributed by atoms with Gasteiger partial charge in [-0.1, -0.05) is 18.6 Å². The lowest BCUT2D eigenvalue weighted by atomic mass is 9.83. The zero-order valence-electron chi connectivity index (χ0n) is 22.4. The lowest BCUT2D eigenvalue weighted by Gasteiger charge is -2.24. The second-order valence-electron chi connectivity index (χ2n) is 10.4. The molecule has 7 nitrogen and oxygen atoms in total. The van der Waals surface area contributed by atoms with Crippen LogP contribution in [0.4, 0.5) is 4.39 Å². The van der Waals surface area contributed by atoms with Gasteiger partial charge in [0.05, 0.1) is 17.9 Å². The average Bonchev–Trinajstić information content (AvgIpc) is 3.44. The number of rotatable bonds is 11. The predicted molar refractivity (Wildman–Crippen MR) is 155 cm³/mol. The molecule has 1 aliphatic heterocycles. The quantitative estimate of drug-likeness (QED) is 0.235. The van der Waals surface area contributed by atoms with Crippen molar-refractivity contribution in [1.82, 2.24) is 20.8 Å². The second kappa shape index (κ2) is 12.4. The average molecular weight is 561 g/mol. The van der Waals surface area contributed by atoms with Crippen LogP contribution in [0.3, 0.4) is 0 Å². The summed E-state index contributed by atoms with van der Waals surface area (Å²) in [6.07, 6.45) is 5.15. The summed E-state index contributed by atoms with van der Waals surface area (Å²) in [6, 6.07) is 13.1. The van der Waals surface area contributed by atoms with E-state index in [2.05, 4.69) is 45.1 Å². The second-order valence-corrected chi connectivity index (χ2v) is 11.3. The zero-order valence-corrected chi connectivity index (χ0v) is 23.2. The van der Waals surface area contributed by atoms with Gasteiger partial charge in [0.2, 0.25) is 5.91 Å². The van der Waals surface area contributed by atoms with Crippen molar-refractivity contribution in [3.63, 3.8) is 0 Å². The molecule has 6 rings (SSSR count). The number of hydrogen-bond donors (Lipinski definition) is 2. The predicted octanol–water partition coefficient (Wildman–Crippen LogP) is 5.51. The van der Waals surface area contributed by atoms with Gasteiger partial charge in [-0.05, 0) is 72.5 Å². The number of amides is 1. The normalized spacial score (nSPS) is 15.0. The van der Waals surface area contributed by atoms with Gasteiger partial charge in [-0.15, -0.1) is 21.5 Å². The van der Waals surface area contributed by atoms with Gasteiger partial charge in [-0.3, -0.25) is 4.79 Å². The molecule has 1 aliphatic carbocycles. The summed E-state index contributed by atoms with van der Waals surface area (Å²) in [4.78, 5) is 11.9. The van der Waals surface area contributed by atoms with Crippen molar-refractivity contribution < 1.29 is 18.7 Å². The van der Waals surface area contributed by atoms with E-state index >= 15 is 0 Å². The molecule has 1 amide bonds. The Morgan fingerprint density at radius 1 is 1.05 bits per heavy atom. The number of halogens is 1. The fourth-order valence-electron chi connectivity index (χ4n) is 5.31. The molecule has 0 saturated heterocycles. The van der Waals surface area contributed by atoms with E-state index in [0.29, 0.717) is 49.1 Å². The van der Waals surface area contributed by atoms with E-state index in [1.54, 1.807) is 17.4 Å². The molecular formula is C31H33FN4O3S. The molecule has 2 aliphatic rings. The number of carbonyl (C=O) groups is 1. The fraction of sp³-hybridized carbons (Fsp3) is 0.387. The van der Waals surface area contributed by atoms with Gasteiger partial charge in [-0.2, -0.15) is 0 Å². The molecule has 208 valence electrons. The van der Waals surface area contributed by atoms with E-state index in [-0.39, 0.29) is 18.3 Å². The molecule has 2 N–H and O–H groups in total. The van der Waals surface area contributed by atoms with Crippen molar-refractivity contribution in [3.8, 4) is 28.3 Å². The molecule has 40 heavy (non-hydrogen) atoms. The van der Waals surface area contributed by atoms with Gasteiger partial charge in [-0.25, -0.2) is 4.39 Å². The number of carbonyl (C=O) groups excluding carboxylic acids is 1. The molecule has 9 heteroatoms. The molecule has 4 aromatic rings. The Balaban J connectivity index is 1.12. The van der Waals surface area contributed by atoms with Crippen molar-refractivity contribution >= 4 is 27.3 Å². The van der Waals surface area contributed by atoms with Crippen LogP contribution in [0.2, 0.25) is 0 Å². The molecule has 0 radical (unpaired) electrons. The maximum Gasteiger partial charge on any atom is 0.220 e. The fourth-order valence-corrected chi connectivity index (χ4v) is 6.20. The first-order valence-corrected chi connectivity index (χ1v) is 14.9. The lowest BCUT2D eigenvalue weighted by molar-refractivity contribution is -0.122. The standard InChI is InChI=1S/C31H33FN4O3S/c32-24-6-7-25(27(18-24)39-14-13-38-12-11-34-28(37)16-20-2-1-3-20)30-31-26(9-15-40-31)29(35-36-30)22-4-5-23-19-33-10-8-21(23)17-22/h4-7,9,15,17-18,20,33H,1-3,8,10-14,16,19H2,(H,34,37). The zero-order chi connectivity index (χ0) is 27.3. The number of fused-ring (bicyclic) bond motifs is 2. The maximum absolute atomic E-state index is 14.2. The van der Waals surface area contributed by atoms with Crippen LogP contribution < -0.4 is 15.4 Å². The number of thiophene rings is 1. The van der Waals surface area contributed by atoms with Crippen LogP contribution in [0.1, 0.15) is 36.8 Å². The van der Waals surface area contributed by atoms with Crippen LogP contribution in [-0.2, 0) is 22.5 Å². The Morgan fingerprint density at radius 3 is 2.83 bits per heavy atom. The Hall–Kier alpha value is -3.40. The Kier molecular flexibility index (Phi) is 8.32. The third-order valence-electron chi connectivity index (χ3n) is 7.70. The van der Waals surface area contributed by atoms with Gasteiger partial charge < -0.3 is 20.1 Å². The monoisotopic (exact) mass is 560 g/mol. The van der Waals surface area contributed by atoms with E-state index in [1.165, 1.54) is 29.7 Å². The Morgan fingerprint density at radius 2 is 1.95 bits per heavy atom. The number of benzene rings is 2. The minimum absolute atomic E-state index is 0.0879. The van der Waals surface area contributed by atoms with Crippen LogP contribution in [0.15, 0.2) is 47.8 Å². The SMILES string of the molecule is O=C(CC1CCC1)NCCOCCOc1cc(F)ccc1-c1nnc(-c2ccc3c(c2)CCNC3)c2ccsc12. The molecule has 2 aromatic carbocycles. The van der Waals surface area contributed by atoms with Crippen molar-refractivity contribution in [1.29, 1.82) is 0 Å². The van der Waals surface area contributed by atoms with Crippen molar-refractivity contribution in [2.75, 3.05) is 32.9 Å². The molecule has 2 aromatic heterocycles. The van der Waals surface area contributed by atoms with Crippen molar-refractivity contribution in [3.05, 3.63) is 64.8 Å². The number of ether oxygens (including phenoxy) is 2. The van der Waals surface area contributed by atoms with Gasteiger partial charge >= 0.3 is 0 Å². The molecule has 0 unspecified atom stereocenters. The van der Waals surface area contributed by atoms with Crippen molar-refractivity contribution in [2.24, 2.45) is 5.92 Å². The van der Waals surface area contributed by atoms with Crippen LogP contribution in [-0.4, -0.2) is 49.0 Å². The molecule has 3 heterocycles. The van der Waals surface area contributed by atoms with Crippen molar-refractivity contribution in [2.45, 2.75) is 38.6 Å². The first kappa shape index (κ1) is 26.8. The van der Waals surface area contributed by atoms with E-state index in [0.717, 1.165) is 53.7 Å². The highest BCUT2D eigenvalue weighted by atomic mass is 32.1. The highest BCUT2D eigenvalue weighted by Gasteiger charge is 2.21. The number of nitrogens with zero attached hydrogens (tertiary/aromatic N) is 2. The number of hydrogen-bond acceptors (Lipinski definition) is 7. The first-order valence-electron chi connectivity index (χ1n) is 14.0. The first-order chi connectivity index (χ1) is 19.7. The van der Waals surface area contributed by atoms with Crippen LogP contribution in [0.25, 0.3) is 32.6 Å². The minimum Gasteiger partial charge on any atom is -0.490 e. The third kappa shape index (κ3) is 6.01. The van der Waals surface area contributed by atoms with Crippen LogP contribution in [0.5, 0.6) is 5.75 Å². The highest BCUT2D eigenvalue weighted by Crippen LogP contribution is 2.39. The smallest absolute Gasteiger partial charge is 0.220 e. The summed E-state index contributed by atoms with van der Waals surface area (Å²) in [5, 5.41) is 18.6. The molecule has 1 fully saturated rings. The van der Waals surface area contributed by atoms with Crippen LogP contribution >= 0.6 is 11.3 Å². The van der Waals surface area contributed by atoms with Gasteiger partial charge in [0.25, 0.3) is 0 Å². The highest BCUT2D eigenvalue weighted by molar-refractivity contribution is 7.17. The third-order valence-corrected chi connectivity index (χ3v) is 8.62. The molecule has 0 spiro atoms.